The Balaban J connectivity index is 1.04. The second kappa shape index (κ2) is 12.0. The van der Waals surface area contributed by atoms with E-state index in [2.05, 4.69) is 215 Å². The smallest absolute Gasteiger partial charge is 0.0547 e. The molecule has 0 aliphatic rings. The minimum Gasteiger partial charge on any atom is -0.309 e. The zero-order valence-electron chi connectivity index (χ0n) is 30.5. The lowest BCUT2D eigenvalue weighted by Crippen LogP contribution is -1.95. The Morgan fingerprint density at radius 3 is 1.29 bits per heavy atom. The van der Waals surface area contributed by atoms with E-state index in [0.29, 0.717) is 0 Å². The van der Waals surface area contributed by atoms with Gasteiger partial charge in [-0.2, -0.15) is 0 Å². The van der Waals surface area contributed by atoms with Crippen LogP contribution in [0.3, 0.4) is 0 Å². The number of fused-ring (bicyclic) bond motifs is 12. The van der Waals surface area contributed by atoms with Crippen LogP contribution >= 0.6 is 0 Å². The van der Waals surface area contributed by atoms with Gasteiger partial charge in [0.15, 0.2) is 0 Å². The topological polar surface area (TPSA) is 9.86 Å². The van der Waals surface area contributed by atoms with Gasteiger partial charge in [-0.3, -0.25) is 0 Å². The van der Waals surface area contributed by atoms with Crippen molar-refractivity contribution in [3.05, 3.63) is 206 Å². The van der Waals surface area contributed by atoms with E-state index in [1.54, 1.807) is 0 Å². The first-order valence-electron chi connectivity index (χ1n) is 19.3. The van der Waals surface area contributed by atoms with Crippen molar-refractivity contribution in [2.75, 3.05) is 0 Å². The van der Waals surface area contributed by atoms with Gasteiger partial charge in [-0.15, -0.1) is 0 Å². The maximum atomic E-state index is 2.46. The zero-order valence-corrected chi connectivity index (χ0v) is 30.5. The Bertz CT molecular complexity index is 3480. The molecule has 0 N–H and O–H groups in total. The molecule has 2 nitrogen and oxygen atoms in total. The molecule has 2 heteroatoms. The standard InChI is InChI=1S/C54H34N2/c1-2-12-35(13-3-1)36-22-26-39(27-23-36)55-52-21-11-9-19-47(52)50-32-37(25-31-53(50)55)38-24-29-48-46-18-8-10-20-51(46)56(54(48)33-38)40-28-30-45-43-16-5-4-14-41(43)42-15-6-7-17-44(42)49(45)34-40/h1-34H. The number of benzene rings is 10. The first-order chi connectivity index (χ1) is 27.8. The second-order valence-electron chi connectivity index (χ2n) is 14.9. The Kier molecular flexibility index (Phi) is 6.66. The van der Waals surface area contributed by atoms with Crippen LogP contribution in [0.1, 0.15) is 0 Å². The zero-order chi connectivity index (χ0) is 36.7. The highest BCUT2D eigenvalue weighted by atomic mass is 15.0. The summed E-state index contributed by atoms with van der Waals surface area (Å²) in [4.78, 5) is 0. The van der Waals surface area contributed by atoms with E-state index in [0.717, 1.165) is 11.4 Å². The average molecular weight is 711 g/mol. The lowest BCUT2D eigenvalue weighted by atomic mass is 9.94. The van der Waals surface area contributed by atoms with Crippen molar-refractivity contribution in [3.8, 4) is 33.6 Å². The summed E-state index contributed by atoms with van der Waals surface area (Å²) < 4.78 is 4.86. The van der Waals surface area contributed by atoms with Gasteiger partial charge >= 0.3 is 0 Å². The molecule has 12 rings (SSSR count). The lowest BCUT2D eigenvalue weighted by Gasteiger charge is -2.14. The molecule has 0 saturated heterocycles. The van der Waals surface area contributed by atoms with Crippen LogP contribution in [0.4, 0.5) is 0 Å². The minimum atomic E-state index is 1.16. The van der Waals surface area contributed by atoms with Gasteiger partial charge in [0.25, 0.3) is 0 Å². The quantitative estimate of drug-likeness (QED) is 0.161. The fraction of sp³-hybridized carbons (Fsp3) is 0. The van der Waals surface area contributed by atoms with Gasteiger partial charge in [0.2, 0.25) is 0 Å². The minimum absolute atomic E-state index is 1.16. The molecule has 0 spiro atoms. The highest BCUT2D eigenvalue weighted by Crippen LogP contribution is 2.41. The summed E-state index contributed by atoms with van der Waals surface area (Å²) >= 11 is 0. The number of rotatable bonds is 4. The highest BCUT2D eigenvalue weighted by Gasteiger charge is 2.17. The van der Waals surface area contributed by atoms with Gasteiger partial charge in [-0.25, -0.2) is 0 Å². The molecule has 0 atom stereocenters. The van der Waals surface area contributed by atoms with Crippen LogP contribution in [0.15, 0.2) is 206 Å². The predicted molar refractivity (Wildman–Crippen MR) is 239 cm³/mol. The average Bonchev–Trinajstić information content (AvgIpc) is 3.79. The van der Waals surface area contributed by atoms with Gasteiger partial charge in [0, 0.05) is 32.9 Å². The Hall–Kier alpha value is -7.42. The molecule has 0 unspecified atom stereocenters. The van der Waals surface area contributed by atoms with Gasteiger partial charge < -0.3 is 9.13 Å². The van der Waals surface area contributed by atoms with E-state index in [1.807, 2.05) is 0 Å². The summed E-state index contributed by atoms with van der Waals surface area (Å²) in [6.45, 7) is 0. The molecule has 0 aliphatic heterocycles. The molecule has 56 heavy (non-hydrogen) atoms. The maximum absolute atomic E-state index is 2.46. The SMILES string of the molecule is c1ccc(-c2ccc(-n3c4ccccc4c4cc(-c5ccc6c7ccccc7n(-c7ccc8c9ccccc9c9ccccc9c8c7)c6c5)ccc43)cc2)cc1. The van der Waals surface area contributed by atoms with E-state index >= 15 is 0 Å². The van der Waals surface area contributed by atoms with Crippen molar-refractivity contribution in [2.45, 2.75) is 0 Å². The second-order valence-corrected chi connectivity index (χ2v) is 14.9. The molecule has 0 radical (unpaired) electrons. The fourth-order valence-corrected chi connectivity index (χ4v) is 9.33. The molecule has 260 valence electrons. The van der Waals surface area contributed by atoms with Gasteiger partial charge in [-0.05, 0) is 109 Å². The van der Waals surface area contributed by atoms with Crippen molar-refractivity contribution < 1.29 is 0 Å². The molecule has 0 fully saturated rings. The first kappa shape index (κ1) is 31.0. The van der Waals surface area contributed by atoms with Crippen LogP contribution in [0.25, 0.3) is 110 Å². The predicted octanol–water partition coefficient (Wildman–Crippen LogP) is 14.7. The van der Waals surface area contributed by atoms with Gasteiger partial charge in [-0.1, -0.05) is 152 Å². The van der Waals surface area contributed by atoms with E-state index in [9.17, 15) is 0 Å². The number of hydrogen-bond acceptors (Lipinski definition) is 0. The molecular weight excluding hydrogens is 677 g/mol. The van der Waals surface area contributed by atoms with Crippen molar-refractivity contribution >= 4 is 75.9 Å². The monoisotopic (exact) mass is 710 g/mol. The summed E-state index contributed by atoms with van der Waals surface area (Å²) in [6, 6.07) is 75.8. The molecule has 0 bridgehead atoms. The third-order valence-corrected chi connectivity index (χ3v) is 11.9. The fourth-order valence-electron chi connectivity index (χ4n) is 9.33. The van der Waals surface area contributed by atoms with Crippen LogP contribution in [-0.2, 0) is 0 Å². The van der Waals surface area contributed by atoms with Crippen molar-refractivity contribution in [1.82, 2.24) is 9.13 Å². The molecule has 0 aliphatic carbocycles. The Morgan fingerprint density at radius 2 is 0.607 bits per heavy atom. The van der Waals surface area contributed by atoms with Crippen LogP contribution in [0, 0.1) is 0 Å². The number of hydrogen-bond donors (Lipinski definition) is 0. The highest BCUT2D eigenvalue weighted by molar-refractivity contribution is 6.25. The van der Waals surface area contributed by atoms with Crippen molar-refractivity contribution in [2.24, 2.45) is 0 Å². The van der Waals surface area contributed by atoms with Crippen molar-refractivity contribution in [3.63, 3.8) is 0 Å². The summed E-state index contributed by atoms with van der Waals surface area (Å²) in [5, 5.41) is 12.7. The molecule has 12 aromatic rings. The molecule has 0 saturated carbocycles. The van der Waals surface area contributed by atoms with Crippen LogP contribution < -0.4 is 0 Å². The van der Waals surface area contributed by atoms with Crippen molar-refractivity contribution in [1.29, 1.82) is 0 Å². The molecule has 10 aromatic carbocycles. The largest absolute Gasteiger partial charge is 0.309 e. The molecule has 2 heterocycles. The van der Waals surface area contributed by atoms with E-state index < -0.39 is 0 Å². The summed E-state index contributed by atoms with van der Waals surface area (Å²) in [7, 11) is 0. The van der Waals surface area contributed by atoms with Crippen LogP contribution in [0.5, 0.6) is 0 Å². The van der Waals surface area contributed by atoms with E-state index in [1.165, 1.54) is 98.2 Å². The van der Waals surface area contributed by atoms with Crippen LogP contribution in [-0.4, -0.2) is 9.13 Å². The van der Waals surface area contributed by atoms with Crippen LogP contribution in [0.2, 0.25) is 0 Å². The lowest BCUT2D eigenvalue weighted by molar-refractivity contribution is 1.18. The Labute approximate surface area is 323 Å². The Morgan fingerprint density at radius 1 is 0.196 bits per heavy atom. The third kappa shape index (κ3) is 4.57. The third-order valence-electron chi connectivity index (χ3n) is 11.9. The van der Waals surface area contributed by atoms with Gasteiger partial charge in [0.05, 0.1) is 22.1 Å². The van der Waals surface area contributed by atoms with E-state index in [4.69, 9.17) is 0 Å². The van der Waals surface area contributed by atoms with Gasteiger partial charge in [0.1, 0.15) is 0 Å². The summed E-state index contributed by atoms with van der Waals surface area (Å²) in [6.07, 6.45) is 0. The number of aromatic nitrogens is 2. The molecule has 0 amide bonds. The summed E-state index contributed by atoms with van der Waals surface area (Å²) in [5.41, 5.74) is 12.0. The van der Waals surface area contributed by atoms with E-state index in [-0.39, 0.29) is 0 Å². The maximum Gasteiger partial charge on any atom is 0.0547 e. The first-order valence-corrected chi connectivity index (χ1v) is 19.3. The number of para-hydroxylation sites is 2. The summed E-state index contributed by atoms with van der Waals surface area (Å²) in [5.74, 6) is 0. The molecular formula is C54H34N2. The number of nitrogens with zero attached hydrogens (tertiary/aromatic N) is 2. The normalized spacial score (nSPS) is 11.9. The molecule has 2 aromatic heterocycles.